The van der Waals surface area contributed by atoms with E-state index in [0.717, 1.165) is 17.0 Å². The molecule has 0 heterocycles. The topological polar surface area (TPSA) is 9.23 Å². The van der Waals surface area contributed by atoms with Crippen molar-refractivity contribution in [3.8, 4) is 0 Å². The van der Waals surface area contributed by atoms with Gasteiger partial charge in [-0.2, -0.15) is 0 Å². The zero-order valence-corrected chi connectivity index (χ0v) is 9.90. The van der Waals surface area contributed by atoms with Gasteiger partial charge in [0.2, 0.25) is 0 Å². The summed E-state index contributed by atoms with van der Waals surface area (Å²) in [6.45, 7) is 2.81. The number of benzene rings is 1. The van der Waals surface area contributed by atoms with Gasteiger partial charge >= 0.3 is 0 Å². The SMILES string of the molecule is CC[C@H](COC)c1ccc(Cl)cc1Cl. The van der Waals surface area contributed by atoms with Crippen molar-refractivity contribution in [3.63, 3.8) is 0 Å². The molecule has 78 valence electrons. The minimum atomic E-state index is 0.352. The van der Waals surface area contributed by atoms with Crippen molar-refractivity contribution >= 4 is 23.2 Å². The summed E-state index contributed by atoms with van der Waals surface area (Å²) in [4.78, 5) is 0. The van der Waals surface area contributed by atoms with E-state index in [2.05, 4.69) is 6.92 Å². The van der Waals surface area contributed by atoms with Gasteiger partial charge in [0.15, 0.2) is 0 Å². The predicted octanol–water partition coefficient (Wildman–Crippen LogP) is 4.13. The van der Waals surface area contributed by atoms with Gasteiger partial charge in [0, 0.05) is 23.1 Å². The van der Waals surface area contributed by atoms with Crippen molar-refractivity contribution in [1.29, 1.82) is 0 Å². The van der Waals surface area contributed by atoms with Crippen LogP contribution < -0.4 is 0 Å². The van der Waals surface area contributed by atoms with Gasteiger partial charge in [0.25, 0.3) is 0 Å². The maximum absolute atomic E-state index is 6.10. The molecule has 0 aromatic heterocycles. The lowest BCUT2D eigenvalue weighted by molar-refractivity contribution is 0.177. The monoisotopic (exact) mass is 232 g/mol. The van der Waals surface area contributed by atoms with Crippen LogP contribution >= 0.6 is 23.2 Å². The van der Waals surface area contributed by atoms with Crippen LogP contribution in [0, 0.1) is 0 Å². The Labute approximate surface area is 95.0 Å². The van der Waals surface area contributed by atoms with Crippen LogP contribution in [0.4, 0.5) is 0 Å². The molecular weight excluding hydrogens is 219 g/mol. The summed E-state index contributed by atoms with van der Waals surface area (Å²) in [7, 11) is 1.70. The first-order chi connectivity index (χ1) is 6.69. The Bertz CT molecular complexity index is 299. The Kier molecular flexibility index (Phi) is 4.73. The third-order valence-electron chi connectivity index (χ3n) is 2.26. The number of hydrogen-bond donors (Lipinski definition) is 0. The lowest BCUT2D eigenvalue weighted by Crippen LogP contribution is -2.05. The normalized spacial score (nSPS) is 12.9. The fraction of sp³-hybridized carbons (Fsp3) is 0.455. The van der Waals surface area contributed by atoms with E-state index in [1.54, 1.807) is 13.2 Å². The third-order valence-corrected chi connectivity index (χ3v) is 2.83. The second-order valence-corrected chi connectivity index (χ2v) is 4.07. The fourth-order valence-electron chi connectivity index (χ4n) is 1.46. The van der Waals surface area contributed by atoms with Gasteiger partial charge in [-0.3, -0.25) is 0 Å². The van der Waals surface area contributed by atoms with E-state index >= 15 is 0 Å². The maximum Gasteiger partial charge on any atom is 0.0531 e. The summed E-state index contributed by atoms with van der Waals surface area (Å²) in [6, 6.07) is 5.61. The highest BCUT2D eigenvalue weighted by atomic mass is 35.5. The molecule has 1 atom stereocenters. The molecule has 0 aliphatic heterocycles. The average Bonchev–Trinajstić information content (AvgIpc) is 2.15. The van der Waals surface area contributed by atoms with Crippen molar-refractivity contribution in [2.45, 2.75) is 19.3 Å². The number of hydrogen-bond acceptors (Lipinski definition) is 1. The Morgan fingerprint density at radius 3 is 2.57 bits per heavy atom. The van der Waals surface area contributed by atoms with Crippen molar-refractivity contribution in [3.05, 3.63) is 33.8 Å². The second-order valence-electron chi connectivity index (χ2n) is 3.23. The van der Waals surface area contributed by atoms with Crippen molar-refractivity contribution in [2.75, 3.05) is 13.7 Å². The molecule has 0 fully saturated rings. The van der Waals surface area contributed by atoms with Crippen LogP contribution in [-0.2, 0) is 4.74 Å². The summed E-state index contributed by atoms with van der Waals surface area (Å²) in [5, 5.41) is 1.40. The van der Waals surface area contributed by atoms with Crippen LogP contribution in [0.3, 0.4) is 0 Å². The molecule has 0 aliphatic carbocycles. The van der Waals surface area contributed by atoms with Crippen LogP contribution in [0.25, 0.3) is 0 Å². The fourth-order valence-corrected chi connectivity index (χ4v) is 2.02. The van der Waals surface area contributed by atoms with Crippen molar-refractivity contribution < 1.29 is 4.74 Å². The minimum Gasteiger partial charge on any atom is -0.384 e. The van der Waals surface area contributed by atoms with Crippen LogP contribution in [0.15, 0.2) is 18.2 Å². The van der Waals surface area contributed by atoms with E-state index in [-0.39, 0.29) is 0 Å². The lowest BCUT2D eigenvalue weighted by Gasteiger charge is -2.15. The van der Waals surface area contributed by atoms with Gasteiger partial charge in [-0.1, -0.05) is 36.2 Å². The summed E-state index contributed by atoms with van der Waals surface area (Å²) < 4.78 is 5.14. The molecule has 0 aliphatic rings. The summed E-state index contributed by atoms with van der Waals surface area (Å²) in [5.41, 5.74) is 1.11. The highest BCUT2D eigenvalue weighted by Crippen LogP contribution is 2.29. The standard InChI is InChI=1S/C11H14Cl2O/c1-3-8(7-14-2)10-5-4-9(12)6-11(10)13/h4-6,8H,3,7H2,1-2H3/t8-/m1/s1. The number of ether oxygens (including phenoxy) is 1. The van der Waals surface area contributed by atoms with Crippen LogP contribution in [-0.4, -0.2) is 13.7 Å². The van der Waals surface area contributed by atoms with Gasteiger partial charge in [0.1, 0.15) is 0 Å². The van der Waals surface area contributed by atoms with Gasteiger partial charge in [0.05, 0.1) is 6.61 Å². The molecule has 0 radical (unpaired) electrons. The summed E-state index contributed by atoms with van der Waals surface area (Å²) in [5.74, 6) is 0.352. The average molecular weight is 233 g/mol. The third kappa shape index (κ3) is 2.88. The summed E-state index contributed by atoms with van der Waals surface area (Å²) in [6.07, 6.45) is 1.01. The van der Waals surface area contributed by atoms with Crippen LogP contribution in [0.2, 0.25) is 10.0 Å². The Balaban J connectivity index is 2.92. The molecule has 1 aromatic rings. The van der Waals surface area contributed by atoms with E-state index < -0.39 is 0 Å². The van der Waals surface area contributed by atoms with E-state index in [1.807, 2.05) is 12.1 Å². The zero-order chi connectivity index (χ0) is 10.6. The molecule has 3 heteroatoms. The van der Waals surface area contributed by atoms with Crippen molar-refractivity contribution in [2.24, 2.45) is 0 Å². The highest BCUT2D eigenvalue weighted by molar-refractivity contribution is 6.35. The minimum absolute atomic E-state index is 0.352. The van der Waals surface area contributed by atoms with Crippen LogP contribution in [0.5, 0.6) is 0 Å². The largest absolute Gasteiger partial charge is 0.384 e. The highest BCUT2D eigenvalue weighted by Gasteiger charge is 2.12. The van der Waals surface area contributed by atoms with Gasteiger partial charge in [-0.25, -0.2) is 0 Å². The van der Waals surface area contributed by atoms with Crippen molar-refractivity contribution in [1.82, 2.24) is 0 Å². The lowest BCUT2D eigenvalue weighted by atomic mass is 9.97. The molecular formula is C11H14Cl2O. The molecule has 0 N–H and O–H groups in total. The van der Waals surface area contributed by atoms with E-state index in [0.29, 0.717) is 17.5 Å². The first-order valence-corrected chi connectivity index (χ1v) is 5.38. The zero-order valence-electron chi connectivity index (χ0n) is 8.39. The Morgan fingerprint density at radius 1 is 1.36 bits per heavy atom. The molecule has 1 rings (SSSR count). The molecule has 1 aromatic carbocycles. The second kappa shape index (κ2) is 5.59. The van der Waals surface area contributed by atoms with E-state index in [9.17, 15) is 0 Å². The predicted molar refractivity (Wildman–Crippen MR) is 61.4 cm³/mol. The number of rotatable bonds is 4. The number of halogens is 2. The molecule has 14 heavy (non-hydrogen) atoms. The first kappa shape index (κ1) is 11.8. The number of methoxy groups -OCH3 is 1. The summed E-state index contributed by atoms with van der Waals surface area (Å²) >= 11 is 11.9. The molecule has 1 nitrogen and oxygen atoms in total. The van der Waals surface area contributed by atoms with Gasteiger partial charge < -0.3 is 4.74 Å². The van der Waals surface area contributed by atoms with Gasteiger partial charge in [-0.15, -0.1) is 0 Å². The molecule has 0 unspecified atom stereocenters. The quantitative estimate of drug-likeness (QED) is 0.759. The first-order valence-electron chi connectivity index (χ1n) is 4.63. The smallest absolute Gasteiger partial charge is 0.0531 e. The van der Waals surface area contributed by atoms with E-state index in [1.165, 1.54) is 0 Å². The molecule has 0 spiro atoms. The molecule has 0 bridgehead atoms. The molecule has 0 saturated carbocycles. The molecule has 0 saturated heterocycles. The maximum atomic E-state index is 6.10. The van der Waals surface area contributed by atoms with E-state index in [4.69, 9.17) is 27.9 Å². The Morgan fingerprint density at radius 2 is 2.07 bits per heavy atom. The Hall–Kier alpha value is -0.240. The van der Waals surface area contributed by atoms with Gasteiger partial charge in [-0.05, 0) is 24.1 Å². The molecule has 0 amide bonds. The van der Waals surface area contributed by atoms with Crippen LogP contribution in [0.1, 0.15) is 24.8 Å².